The first-order valence-corrected chi connectivity index (χ1v) is 12.0. The molecular weight excluding hydrogens is 404 g/mol. The van der Waals surface area contributed by atoms with Gasteiger partial charge < -0.3 is 9.47 Å². The molecule has 0 unspecified atom stereocenters. The van der Waals surface area contributed by atoms with Gasteiger partial charge >= 0.3 is 5.69 Å². The van der Waals surface area contributed by atoms with Crippen molar-refractivity contribution in [3.05, 3.63) is 55.7 Å². The van der Waals surface area contributed by atoms with Gasteiger partial charge in [0.25, 0.3) is 5.56 Å². The summed E-state index contributed by atoms with van der Waals surface area (Å²) in [7, 11) is 5.05. The quantitative estimate of drug-likeness (QED) is 0.687. The van der Waals surface area contributed by atoms with E-state index >= 15 is 0 Å². The zero-order valence-corrected chi connectivity index (χ0v) is 19.4. The van der Waals surface area contributed by atoms with Crippen LogP contribution in [0.2, 0.25) is 0 Å². The average Bonchev–Trinajstić information content (AvgIpc) is 2.81. The number of methoxy groups -OCH3 is 1. The number of nitrogens with zero attached hydrogens (tertiary/aromatic N) is 2. The molecule has 0 N–H and O–H groups in total. The maximum absolute atomic E-state index is 13.3. The van der Waals surface area contributed by atoms with Gasteiger partial charge in [-0.25, -0.2) is 4.79 Å². The third-order valence-corrected chi connectivity index (χ3v) is 9.45. The summed E-state index contributed by atoms with van der Waals surface area (Å²) in [5.74, 6) is 3.32. The lowest BCUT2D eigenvalue weighted by molar-refractivity contribution is -0.0761. The van der Waals surface area contributed by atoms with Crippen LogP contribution in [-0.4, -0.2) is 22.3 Å². The molecule has 2 fully saturated rings. The molecule has 6 heteroatoms. The highest BCUT2D eigenvalue weighted by Gasteiger charge is 2.58. The van der Waals surface area contributed by atoms with E-state index in [4.69, 9.17) is 9.47 Å². The minimum Gasteiger partial charge on any atom is -0.497 e. The van der Waals surface area contributed by atoms with Gasteiger partial charge in [0.15, 0.2) is 0 Å². The van der Waals surface area contributed by atoms with Crippen LogP contribution in [0.4, 0.5) is 0 Å². The molecular formula is C26H32N2O4. The number of hydrogen-bond acceptors (Lipinski definition) is 4. The van der Waals surface area contributed by atoms with E-state index in [2.05, 4.69) is 25.1 Å². The summed E-state index contributed by atoms with van der Waals surface area (Å²) in [5.41, 5.74) is 3.26. The molecule has 0 amide bonds. The zero-order valence-electron chi connectivity index (χ0n) is 19.4. The maximum Gasteiger partial charge on any atom is 0.333 e. The van der Waals surface area contributed by atoms with Crippen molar-refractivity contribution in [3.63, 3.8) is 0 Å². The van der Waals surface area contributed by atoms with Crippen molar-refractivity contribution in [2.24, 2.45) is 31.3 Å². The van der Waals surface area contributed by atoms with E-state index < -0.39 is 0 Å². The highest BCUT2D eigenvalue weighted by molar-refractivity contribution is 5.42. The second-order valence-corrected chi connectivity index (χ2v) is 10.7. The zero-order chi connectivity index (χ0) is 22.4. The predicted octanol–water partition coefficient (Wildman–Crippen LogP) is 3.49. The molecule has 32 heavy (non-hydrogen) atoms. The molecule has 2 heterocycles. The van der Waals surface area contributed by atoms with Gasteiger partial charge in [0.05, 0.1) is 12.7 Å². The van der Waals surface area contributed by atoms with E-state index in [-0.39, 0.29) is 28.7 Å². The smallest absolute Gasteiger partial charge is 0.333 e. The lowest BCUT2D eigenvalue weighted by atomic mass is 9.46. The van der Waals surface area contributed by atoms with Crippen molar-refractivity contribution >= 4 is 0 Å². The summed E-state index contributed by atoms with van der Waals surface area (Å²) in [6.07, 6.45) is 6.51. The minimum atomic E-state index is -0.307. The molecule has 6 rings (SSSR count). The Morgan fingerprint density at radius 1 is 1.12 bits per heavy atom. The van der Waals surface area contributed by atoms with E-state index in [1.165, 1.54) is 26.7 Å². The Balaban J connectivity index is 1.44. The molecule has 0 saturated heterocycles. The number of ether oxygens (including phenoxy) is 2. The van der Waals surface area contributed by atoms with Gasteiger partial charge in [-0.3, -0.25) is 13.9 Å². The first-order valence-electron chi connectivity index (χ1n) is 12.0. The minimum absolute atomic E-state index is 0.0593. The first kappa shape index (κ1) is 20.1. The van der Waals surface area contributed by atoms with Crippen LogP contribution in [0.5, 0.6) is 11.6 Å². The number of aryl methyl sites for hydroxylation is 1. The van der Waals surface area contributed by atoms with Gasteiger partial charge in [-0.2, -0.15) is 0 Å². The Morgan fingerprint density at radius 3 is 2.72 bits per heavy atom. The van der Waals surface area contributed by atoms with Crippen molar-refractivity contribution < 1.29 is 9.47 Å². The first-order chi connectivity index (χ1) is 15.3. The number of aromatic nitrogens is 2. The van der Waals surface area contributed by atoms with Crippen LogP contribution in [-0.2, 0) is 20.5 Å². The number of benzene rings is 1. The van der Waals surface area contributed by atoms with Gasteiger partial charge in [-0.15, -0.1) is 0 Å². The largest absolute Gasteiger partial charge is 0.497 e. The molecule has 170 valence electrons. The molecule has 2 aromatic rings. The second-order valence-electron chi connectivity index (χ2n) is 10.7. The summed E-state index contributed by atoms with van der Waals surface area (Å²) in [6.45, 7) is 2.41. The molecule has 1 aromatic carbocycles. The Labute approximate surface area is 188 Å². The van der Waals surface area contributed by atoms with E-state index in [1.54, 1.807) is 21.2 Å². The number of fused-ring (bicyclic) bond motifs is 10. The van der Waals surface area contributed by atoms with Crippen molar-refractivity contribution in [1.82, 2.24) is 9.13 Å². The van der Waals surface area contributed by atoms with Crippen LogP contribution in [0.1, 0.15) is 67.6 Å². The van der Waals surface area contributed by atoms with Gasteiger partial charge in [-0.1, -0.05) is 13.0 Å². The van der Waals surface area contributed by atoms with Gasteiger partial charge in [0.2, 0.25) is 5.88 Å². The van der Waals surface area contributed by atoms with E-state index in [0.29, 0.717) is 23.6 Å². The van der Waals surface area contributed by atoms with Gasteiger partial charge in [0.1, 0.15) is 11.9 Å². The Kier molecular flexibility index (Phi) is 4.25. The van der Waals surface area contributed by atoms with Crippen LogP contribution in [0.25, 0.3) is 0 Å². The molecule has 6 atom stereocenters. The van der Waals surface area contributed by atoms with Gasteiger partial charge in [-0.05, 0) is 85.0 Å². The van der Waals surface area contributed by atoms with Crippen molar-refractivity contribution in [3.8, 4) is 11.6 Å². The van der Waals surface area contributed by atoms with E-state index in [9.17, 15) is 9.59 Å². The van der Waals surface area contributed by atoms with Crippen LogP contribution in [0.3, 0.4) is 0 Å². The Hall–Kier alpha value is -2.50. The van der Waals surface area contributed by atoms with Gasteiger partial charge in [0, 0.05) is 20.0 Å². The number of hydrogen-bond donors (Lipinski definition) is 0. The lowest BCUT2D eigenvalue weighted by Crippen LogP contribution is -2.56. The molecule has 4 aliphatic rings. The molecule has 1 aromatic heterocycles. The average molecular weight is 437 g/mol. The molecule has 1 aliphatic heterocycles. The topological polar surface area (TPSA) is 62.5 Å². The van der Waals surface area contributed by atoms with Crippen LogP contribution >= 0.6 is 0 Å². The molecule has 2 saturated carbocycles. The molecule has 0 spiro atoms. The van der Waals surface area contributed by atoms with Crippen LogP contribution in [0.15, 0.2) is 27.8 Å². The summed E-state index contributed by atoms with van der Waals surface area (Å²) in [5, 5.41) is 0. The highest BCUT2D eigenvalue weighted by atomic mass is 16.5. The fourth-order valence-electron chi connectivity index (χ4n) is 7.82. The normalized spacial score (nSPS) is 34.4. The Bertz CT molecular complexity index is 1230. The van der Waals surface area contributed by atoms with Crippen molar-refractivity contribution in [1.29, 1.82) is 0 Å². The Morgan fingerprint density at radius 2 is 1.94 bits per heavy atom. The molecule has 0 radical (unpaired) electrons. The second kappa shape index (κ2) is 6.75. The fraction of sp³-hybridized carbons (Fsp3) is 0.615. The number of rotatable bonds is 1. The third kappa shape index (κ3) is 2.52. The predicted molar refractivity (Wildman–Crippen MR) is 122 cm³/mol. The monoisotopic (exact) mass is 436 g/mol. The van der Waals surface area contributed by atoms with E-state index in [0.717, 1.165) is 43.4 Å². The standard InChI is InChI=1S/C26H32N2O4/c1-26-10-9-18-17-8-6-15(31-4)11-14(17)5-7-19(18)20(26)12-16-13-21(26)22-23(29)27(2)25(30)28(3)24(22)32-16/h6,8,11,16,18-21H,5,7,9-10,12-13H2,1-4H3/t16-,18-,19-,20+,21+,26+/m1/s1. The van der Waals surface area contributed by atoms with Crippen molar-refractivity contribution in [2.45, 2.75) is 63.4 Å². The summed E-state index contributed by atoms with van der Waals surface area (Å²) >= 11 is 0. The summed E-state index contributed by atoms with van der Waals surface area (Å²) in [4.78, 5) is 25.8. The molecule has 3 aliphatic carbocycles. The summed E-state index contributed by atoms with van der Waals surface area (Å²) < 4.78 is 14.6. The molecule has 6 nitrogen and oxygen atoms in total. The maximum atomic E-state index is 13.3. The third-order valence-electron chi connectivity index (χ3n) is 9.45. The molecule has 2 bridgehead atoms. The highest BCUT2D eigenvalue weighted by Crippen LogP contribution is 2.65. The van der Waals surface area contributed by atoms with Crippen LogP contribution in [0, 0.1) is 17.3 Å². The van der Waals surface area contributed by atoms with Crippen molar-refractivity contribution in [2.75, 3.05) is 7.11 Å². The summed E-state index contributed by atoms with van der Waals surface area (Å²) in [6, 6.07) is 6.61. The SMILES string of the molecule is COc1ccc2c(c1)CC[C@@H]1[C@@H]2CC[C@]2(C)[C@H]3C[C@@H](C[C@@H]12)Oc1c3c(=O)n(C)c(=O)n1C. The fourth-order valence-corrected chi connectivity index (χ4v) is 7.82. The lowest BCUT2D eigenvalue weighted by Gasteiger charge is -2.60. The van der Waals surface area contributed by atoms with Crippen LogP contribution < -0.4 is 20.7 Å². The van der Waals surface area contributed by atoms with E-state index in [1.807, 2.05) is 0 Å².